The summed E-state index contributed by atoms with van der Waals surface area (Å²) < 4.78 is 38.9. The van der Waals surface area contributed by atoms with E-state index in [4.69, 9.17) is 9.47 Å². The number of nitro benzene ring substituents is 1. The fraction of sp³-hybridized carbons (Fsp3) is 0.308. The van der Waals surface area contributed by atoms with E-state index in [0.717, 1.165) is 15.7 Å². The monoisotopic (exact) mass is 604 g/mol. The SMILES string of the molecule is COc1ccc(CCNc2cc(N3CCN(S(=O)(=O)c4ccc(Br)cc4)CC3)ccc2[N+](=O)[O-])cc1OC. The third-order valence-electron chi connectivity index (χ3n) is 6.41. The number of rotatable bonds is 10. The van der Waals surface area contributed by atoms with Gasteiger partial charge in [0, 0.05) is 49.0 Å². The number of methoxy groups -OCH3 is 2. The van der Waals surface area contributed by atoms with Gasteiger partial charge in [-0.3, -0.25) is 10.1 Å². The Labute approximate surface area is 230 Å². The molecule has 0 amide bonds. The molecule has 202 valence electrons. The molecule has 0 atom stereocenters. The molecule has 1 N–H and O–H groups in total. The van der Waals surface area contributed by atoms with Crippen molar-refractivity contribution < 1.29 is 22.8 Å². The molecule has 4 rings (SSSR count). The minimum Gasteiger partial charge on any atom is -0.493 e. The Morgan fingerprint density at radius 3 is 2.26 bits per heavy atom. The van der Waals surface area contributed by atoms with Crippen molar-refractivity contribution in [2.45, 2.75) is 11.3 Å². The second-order valence-electron chi connectivity index (χ2n) is 8.67. The van der Waals surface area contributed by atoms with E-state index in [1.54, 1.807) is 50.6 Å². The van der Waals surface area contributed by atoms with Gasteiger partial charge in [-0.1, -0.05) is 22.0 Å². The van der Waals surface area contributed by atoms with Crippen LogP contribution in [0.2, 0.25) is 0 Å². The Bertz CT molecular complexity index is 1390. The predicted octanol–water partition coefficient (Wildman–Crippen LogP) is 4.54. The Morgan fingerprint density at radius 1 is 0.947 bits per heavy atom. The standard InChI is InChI=1S/C26H29BrN4O6S/c1-36-25-10-3-19(17-26(25)37-2)11-12-28-23-18-21(6-9-24(23)31(32)33)29-13-15-30(16-14-29)38(34,35)22-7-4-20(27)5-8-22/h3-10,17-18,28H,11-16H2,1-2H3. The second-order valence-corrected chi connectivity index (χ2v) is 11.5. The van der Waals surface area contributed by atoms with Gasteiger partial charge in [0.2, 0.25) is 10.0 Å². The van der Waals surface area contributed by atoms with Crippen molar-refractivity contribution in [3.8, 4) is 11.5 Å². The quantitative estimate of drug-likeness (QED) is 0.265. The summed E-state index contributed by atoms with van der Waals surface area (Å²) in [6.07, 6.45) is 0.619. The highest BCUT2D eigenvalue weighted by atomic mass is 79.9. The summed E-state index contributed by atoms with van der Waals surface area (Å²) >= 11 is 3.33. The summed E-state index contributed by atoms with van der Waals surface area (Å²) in [6.45, 7) is 2.05. The van der Waals surface area contributed by atoms with E-state index in [-0.39, 0.29) is 10.6 Å². The van der Waals surface area contributed by atoms with Gasteiger partial charge in [-0.25, -0.2) is 8.42 Å². The van der Waals surface area contributed by atoms with Crippen LogP contribution in [0.1, 0.15) is 5.56 Å². The van der Waals surface area contributed by atoms with Crippen molar-refractivity contribution in [2.24, 2.45) is 0 Å². The number of sulfonamides is 1. The molecule has 0 spiro atoms. The van der Waals surface area contributed by atoms with Crippen LogP contribution >= 0.6 is 15.9 Å². The molecular weight excluding hydrogens is 576 g/mol. The Balaban J connectivity index is 1.43. The fourth-order valence-corrected chi connectivity index (χ4v) is 6.03. The molecule has 1 aliphatic rings. The lowest BCUT2D eigenvalue weighted by Gasteiger charge is -2.35. The fourth-order valence-electron chi connectivity index (χ4n) is 4.34. The van der Waals surface area contributed by atoms with Crippen LogP contribution in [0.3, 0.4) is 0 Å². The molecule has 1 saturated heterocycles. The number of ether oxygens (including phenoxy) is 2. The number of hydrogen-bond donors (Lipinski definition) is 1. The van der Waals surface area contributed by atoms with Gasteiger partial charge >= 0.3 is 0 Å². The number of nitrogens with one attached hydrogen (secondary N) is 1. The number of piperazine rings is 1. The second kappa shape index (κ2) is 12.0. The molecule has 1 aliphatic heterocycles. The molecule has 3 aromatic carbocycles. The minimum absolute atomic E-state index is 0.0162. The highest BCUT2D eigenvalue weighted by Crippen LogP contribution is 2.31. The highest BCUT2D eigenvalue weighted by molar-refractivity contribution is 9.10. The van der Waals surface area contributed by atoms with Gasteiger partial charge in [-0.15, -0.1) is 0 Å². The smallest absolute Gasteiger partial charge is 0.292 e. The molecule has 1 heterocycles. The van der Waals surface area contributed by atoms with Crippen LogP contribution in [0.4, 0.5) is 17.1 Å². The summed E-state index contributed by atoms with van der Waals surface area (Å²) in [7, 11) is -0.441. The maximum Gasteiger partial charge on any atom is 0.292 e. The third-order valence-corrected chi connectivity index (χ3v) is 8.85. The van der Waals surface area contributed by atoms with Crippen LogP contribution < -0.4 is 19.7 Å². The molecule has 38 heavy (non-hydrogen) atoms. The zero-order valence-corrected chi connectivity index (χ0v) is 23.5. The maximum absolute atomic E-state index is 13.0. The highest BCUT2D eigenvalue weighted by Gasteiger charge is 2.29. The summed E-state index contributed by atoms with van der Waals surface area (Å²) in [5, 5.41) is 14.8. The number of benzene rings is 3. The molecule has 3 aromatic rings. The molecule has 1 fully saturated rings. The van der Waals surface area contributed by atoms with Gasteiger partial charge in [0.15, 0.2) is 11.5 Å². The average molecular weight is 606 g/mol. The van der Waals surface area contributed by atoms with Crippen LogP contribution in [0.25, 0.3) is 0 Å². The molecule has 0 bridgehead atoms. The van der Waals surface area contributed by atoms with E-state index in [0.29, 0.717) is 56.3 Å². The lowest BCUT2D eigenvalue weighted by Crippen LogP contribution is -2.48. The topological polar surface area (TPSA) is 114 Å². The van der Waals surface area contributed by atoms with Crippen LogP contribution in [0, 0.1) is 10.1 Å². The van der Waals surface area contributed by atoms with Crippen molar-refractivity contribution in [1.82, 2.24) is 4.31 Å². The normalized spacial score (nSPS) is 14.2. The van der Waals surface area contributed by atoms with Gasteiger partial charge < -0.3 is 19.7 Å². The number of nitro groups is 1. The van der Waals surface area contributed by atoms with Gasteiger partial charge in [-0.2, -0.15) is 4.31 Å². The average Bonchev–Trinajstić information content (AvgIpc) is 2.93. The Morgan fingerprint density at radius 2 is 1.63 bits per heavy atom. The van der Waals surface area contributed by atoms with Crippen LogP contribution in [0.5, 0.6) is 11.5 Å². The summed E-state index contributed by atoms with van der Waals surface area (Å²) in [5.74, 6) is 1.26. The molecule has 12 heteroatoms. The van der Waals surface area contributed by atoms with Crippen molar-refractivity contribution in [3.63, 3.8) is 0 Å². The van der Waals surface area contributed by atoms with E-state index >= 15 is 0 Å². The first-order valence-electron chi connectivity index (χ1n) is 12.0. The first kappa shape index (κ1) is 27.7. The van der Waals surface area contributed by atoms with Crippen molar-refractivity contribution in [2.75, 3.05) is 57.2 Å². The van der Waals surface area contributed by atoms with Gasteiger partial charge in [-0.05, 0) is 60.5 Å². The van der Waals surface area contributed by atoms with E-state index < -0.39 is 14.9 Å². The third kappa shape index (κ3) is 6.20. The zero-order valence-electron chi connectivity index (χ0n) is 21.1. The molecule has 0 aliphatic carbocycles. The molecular formula is C26H29BrN4O6S. The number of anilines is 2. The van der Waals surface area contributed by atoms with Crippen LogP contribution in [-0.4, -0.2) is 64.6 Å². The van der Waals surface area contributed by atoms with E-state index in [2.05, 4.69) is 21.2 Å². The zero-order chi connectivity index (χ0) is 27.3. The predicted molar refractivity (Wildman–Crippen MR) is 150 cm³/mol. The first-order chi connectivity index (χ1) is 18.2. The van der Waals surface area contributed by atoms with Gasteiger partial charge in [0.1, 0.15) is 5.69 Å². The summed E-state index contributed by atoms with van der Waals surface area (Å²) in [4.78, 5) is 13.5. The molecule has 0 unspecified atom stereocenters. The Kier molecular flexibility index (Phi) is 8.75. The van der Waals surface area contributed by atoms with Crippen molar-refractivity contribution >= 4 is 43.0 Å². The van der Waals surface area contributed by atoms with Gasteiger partial charge in [0.05, 0.1) is 24.0 Å². The molecule has 0 saturated carbocycles. The lowest BCUT2D eigenvalue weighted by atomic mass is 10.1. The van der Waals surface area contributed by atoms with Crippen molar-refractivity contribution in [3.05, 3.63) is 80.8 Å². The molecule has 0 aromatic heterocycles. The van der Waals surface area contributed by atoms with E-state index in [9.17, 15) is 18.5 Å². The lowest BCUT2D eigenvalue weighted by molar-refractivity contribution is -0.383. The van der Waals surface area contributed by atoms with Gasteiger partial charge in [0.25, 0.3) is 5.69 Å². The van der Waals surface area contributed by atoms with Crippen molar-refractivity contribution in [1.29, 1.82) is 0 Å². The number of hydrogen-bond acceptors (Lipinski definition) is 8. The Hall–Kier alpha value is -3.35. The largest absolute Gasteiger partial charge is 0.493 e. The summed E-state index contributed by atoms with van der Waals surface area (Å²) in [5.41, 5.74) is 2.19. The molecule has 0 radical (unpaired) electrons. The van der Waals surface area contributed by atoms with E-state index in [1.165, 1.54) is 10.4 Å². The number of halogens is 1. The summed E-state index contributed by atoms with van der Waals surface area (Å²) in [6, 6.07) is 17.2. The van der Waals surface area contributed by atoms with Crippen LogP contribution in [-0.2, 0) is 16.4 Å². The number of nitrogens with zero attached hydrogens (tertiary/aromatic N) is 3. The molecule has 10 nitrogen and oxygen atoms in total. The maximum atomic E-state index is 13.0. The first-order valence-corrected chi connectivity index (χ1v) is 14.2. The minimum atomic E-state index is -3.59. The van der Waals surface area contributed by atoms with E-state index in [1.807, 2.05) is 23.1 Å². The van der Waals surface area contributed by atoms with Crippen LogP contribution in [0.15, 0.2) is 70.0 Å².